The minimum Gasteiger partial charge on any atom is -0.460 e. The van der Waals surface area contributed by atoms with Crippen molar-refractivity contribution in [1.29, 1.82) is 0 Å². The molecule has 2 aromatic rings. The van der Waals surface area contributed by atoms with E-state index in [0.717, 1.165) is 62.9 Å². The molecule has 1 aliphatic carbocycles. The van der Waals surface area contributed by atoms with Gasteiger partial charge in [-0.3, -0.25) is 9.69 Å². The Labute approximate surface area is 210 Å². The van der Waals surface area contributed by atoms with Crippen molar-refractivity contribution in [2.24, 2.45) is 5.92 Å². The number of likely N-dealkylation sites (tertiary alicyclic amines) is 1. The van der Waals surface area contributed by atoms with Crippen LogP contribution in [0.4, 0.5) is 10.5 Å². The van der Waals surface area contributed by atoms with Crippen LogP contribution in [0.25, 0.3) is 0 Å². The molecule has 2 fully saturated rings. The van der Waals surface area contributed by atoms with E-state index >= 15 is 0 Å². The van der Waals surface area contributed by atoms with E-state index in [1.807, 2.05) is 60.9 Å². The summed E-state index contributed by atoms with van der Waals surface area (Å²) in [5, 5.41) is 0. The lowest BCUT2D eigenvalue weighted by molar-refractivity contribution is -0.161. The highest BCUT2D eigenvalue weighted by atomic mass is 16.6. The Kier molecular flexibility index (Phi) is 8.15. The van der Waals surface area contributed by atoms with Crippen LogP contribution in [-0.2, 0) is 16.1 Å². The molecule has 2 aliphatic rings. The first kappa shape index (κ1) is 25.3. The lowest BCUT2D eigenvalue weighted by Gasteiger charge is -2.34. The van der Waals surface area contributed by atoms with E-state index in [-0.39, 0.29) is 23.8 Å². The number of hydrogen-bond acceptors (Lipinski definition) is 3. The molecule has 1 aliphatic heterocycles. The van der Waals surface area contributed by atoms with E-state index in [2.05, 4.69) is 24.3 Å². The minimum absolute atomic E-state index is 0.0753. The molecule has 0 N–H and O–H groups in total. The largest absolute Gasteiger partial charge is 0.460 e. The van der Waals surface area contributed by atoms with Gasteiger partial charge in [0.1, 0.15) is 5.60 Å². The Hall–Kier alpha value is -2.82. The molecule has 0 spiro atoms. The lowest BCUT2D eigenvalue weighted by atomic mass is 9.75. The molecule has 2 unspecified atom stereocenters. The number of rotatable bonds is 5. The normalized spacial score (nSPS) is 20.8. The highest BCUT2D eigenvalue weighted by molar-refractivity contribution is 5.92. The average Bonchev–Trinajstić information content (AvgIpc) is 2.87. The zero-order valence-electron chi connectivity index (χ0n) is 21.5. The van der Waals surface area contributed by atoms with Crippen LogP contribution in [0, 0.1) is 5.92 Å². The van der Waals surface area contributed by atoms with Crippen molar-refractivity contribution < 1.29 is 14.3 Å². The maximum atomic E-state index is 13.4. The Balaban J connectivity index is 1.51. The standard InChI is InChI=1S/C30H40N2O3/c1-30(2,3)35-28(33)27-15-9-8-14-26(27)24-18-16-23(17-19-24)22-32(25-12-6-4-7-13-25)29(34)31-20-10-5-11-21-31/h4,6-7,12-13,16-19,26-27H,5,8-11,14-15,20-22H2,1-3H3. The van der Waals surface area contributed by atoms with Crippen molar-refractivity contribution >= 4 is 17.7 Å². The molecule has 5 nitrogen and oxygen atoms in total. The topological polar surface area (TPSA) is 49.9 Å². The van der Waals surface area contributed by atoms with Crippen molar-refractivity contribution in [1.82, 2.24) is 4.90 Å². The molecule has 0 radical (unpaired) electrons. The monoisotopic (exact) mass is 476 g/mol. The summed E-state index contributed by atoms with van der Waals surface area (Å²) < 4.78 is 5.75. The number of para-hydroxylation sites is 1. The van der Waals surface area contributed by atoms with Crippen molar-refractivity contribution in [2.45, 2.75) is 83.8 Å². The van der Waals surface area contributed by atoms with Crippen LogP contribution < -0.4 is 4.90 Å². The average molecular weight is 477 g/mol. The predicted molar refractivity (Wildman–Crippen MR) is 140 cm³/mol. The number of nitrogens with zero attached hydrogens (tertiary/aromatic N) is 2. The van der Waals surface area contributed by atoms with E-state index in [1.165, 1.54) is 12.0 Å². The van der Waals surface area contributed by atoms with Gasteiger partial charge in [-0.1, -0.05) is 55.3 Å². The molecule has 1 heterocycles. The molecular formula is C30H40N2O3. The molecule has 2 amide bonds. The highest BCUT2D eigenvalue weighted by Crippen LogP contribution is 2.39. The molecule has 0 aromatic heterocycles. The number of urea groups is 1. The number of esters is 1. The van der Waals surface area contributed by atoms with Gasteiger partial charge in [-0.15, -0.1) is 0 Å². The molecule has 188 valence electrons. The molecular weight excluding hydrogens is 436 g/mol. The fraction of sp³-hybridized carbons (Fsp3) is 0.533. The predicted octanol–water partition coefficient (Wildman–Crippen LogP) is 6.91. The zero-order chi connectivity index (χ0) is 24.8. The summed E-state index contributed by atoms with van der Waals surface area (Å²) >= 11 is 0. The molecule has 2 atom stereocenters. The second-order valence-electron chi connectivity index (χ2n) is 11.0. The molecule has 2 aromatic carbocycles. The fourth-order valence-corrected chi connectivity index (χ4v) is 5.38. The molecule has 4 rings (SSSR count). The first-order valence-electron chi connectivity index (χ1n) is 13.2. The van der Waals surface area contributed by atoms with E-state index in [9.17, 15) is 9.59 Å². The van der Waals surface area contributed by atoms with Gasteiger partial charge in [-0.2, -0.15) is 0 Å². The Morgan fingerprint density at radius 2 is 1.54 bits per heavy atom. The number of ether oxygens (including phenoxy) is 1. The van der Waals surface area contributed by atoms with Crippen LogP contribution in [0.2, 0.25) is 0 Å². The summed E-state index contributed by atoms with van der Waals surface area (Å²) in [5.41, 5.74) is 2.74. The first-order chi connectivity index (χ1) is 16.8. The van der Waals surface area contributed by atoms with Gasteiger partial charge in [0.25, 0.3) is 0 Å². The lowest BCUT2D eigenvalue weighted by Crippen LogP contribution is -2.45. The molecule has 1 saturated heterocycles. The van der Waals surface area contributed by atoms with Crippen LogP contribution in [0.5, 0.6) is 0 Å². The summed E-state index contributed by atoms with van der Waals surface area (Å²) in [4.78, 5) is 30.2. The minimum atomic E-state index is -0.468. The number of amides is 2. The SMILES string of the molecule is CC(C)(C)OC(=O)C1CCCCC1c1ccc(CN(C(=O)N2CCCCC2)c2ccccc2)cc1. The maximum Gasteiger partial charge on any atom is 0.324 e. The van der Waals surface area contributed by atoms with Gasteiger partial charge in [0.2, 0.25) is 0 Å². The number of hydrogen-bond donors (Lipinski definition) is 0. The molecule has 1 saturated carbocycles. The zero-order valence-corrected chi connectivity index (χ0v) is 21.5. The van der Waals surface area contributed by atoms with Crippen LogP contribution >= 0.6 is 0 Å². The van der Waals surface area contributed by atoms with Gasteiger partial charge in [-0.05, 0) is 82.1 Å². The maximum absolute atomic E-state index is 13.4. The second-order valence-corrected chi connectivity index (χ2v) is 11.0. The molecule has 0 bridgehead atoms. The van der Waals surface area contributed by atoms with Gasteiger partial charge in [0, 0.05) is 18.8 Å². The van der Waals surface area contributed by atoms with Gasteiger partial charge in [0.15, 0.2) is 0 Å². The van der Waals surface area contributed by atoms with Crippen LogP contribution in [-0.4, -0.2) is 35.6 Å². The third-order valence-electron chi connectivity index (χ3n) is 7.15. The number of anilines is 1. The summed E-state index contributed by atoms with van der Waals surface area (Å²) in [5.74, 6) is 0.0248. The summed E-state index contributed by atoms with van der Waals surface area (Å²) in [7, 11) is 0. The highest BCUT2D eigenvalue weighted by Gasteiger charge is 2.35. The smallest absolute Gasteiger partial charge is 0.324 e. The van der Waals surface area contributed by atoms with Gasteiger partial charge in [-0.25, -0.2) is 4.79 Å². The van der Waals surface area contributed by atoms with E-state index in [1.54, 1.807) is 0 Å². The van der Waals surface area contributed by atoms with Crippen molar-refractivity contribution in [2.75, 3.05) is 18.0 Å². The number of carbonyl (C=O) groups is 2. The summed E-state index contributed by atoms with van der Waals surface area (Å²) in [6, 6.07) is 18.6. The van der Waals surface area contributed by atoms with Crippen LogP contribution in [0.3, 0.4) is 0 Å². The van der Waals surface area contributed by atoms with Crippen LogP contribution in [0.15, 0.2) is 54.6 Å². The van der Waals surface area contributed by atoms with Crippen molar-refractivity contribution in [3.05, 3.63) is 65.7 Å². The molecule has 35 heavy (non-hydrogen) atoms. The Morgan fingerprint density at radius 1 is 0.886 bits per heavy atom. The number of benzene rings is 2. The van der Waals surface area contributed by atoms with Gasteiger partial charge >= 0.3 is 12.0 Å². The van der Waals surface area contributed by atoms with Crippen molar-refractivity contribution in [3.63, 3.8) is 0 Å². The third kappa shape index (κ3) is 6.65. The van der Waals surface area contributed by atoms with Crippen molar-refractivity contribution in [3.8, 4) is 0 Å². The number of carbonyl (C=O) groups excluding carboxylic acids is 2. The van der Waals surface area contributed by atoms with E-state index < -0.39 is 5.60 Å². The second kappa shape index (κ2) is 11.3. The Bertz CT molecular complexity index is 975. The number of piperidine rings is 1. The Morgan fingerprint density at radius 3 is 2.20 bits per heavy atom. The summed E-state index contributed by atoms with van der Waals surface area (Å²) in [6.07, 6.45) is 7.44. The van der Waals surface area contributed by atoms with Gasteiger partial charge < -0.3 is 9.64 Å². The first-order valence-corrected chi connectivity index (χ1v) is 13.2. The fourth-order valence-electron chi connectivity index (χ4n) is 5.38. The van der Waals surface area contributed by atoms with E-state index in [0.29, 0.717) is 6.54 Å². The third-order valence-corrected chi connectivity index (χ3v) is 7.15. The summed E-state index contributed by atoms with van der Waals surface area (Å²) in [6.45, 7) is 7.98. The molecule has 5 heteroatoms. The quantitative estimate of drug-likeness (QED) is 0.440. The van der Waals surface area contributed by atoms with Crippen LogP contribution in [0.1, 0.15) is 82.8 Å². The van der Waals surface area contributed by atoms with Gasteiger partial charge in [0.05, 0.1) is 12.5 Å². The van der Waals surface area contributed by atoms with E-state index in [4.69, 9.17) is 4.74 Å².